The van der Waals surface area contributed by atoms with Crippen molar-refractivity contribution in [2.24, 2.45) is 0 Å². The lowest BCUT2D eigenvalue weighted by molar-refractivity contribution is 0.0248. The van der Waals surface area contributed by atoms with Gasteiger partial charge in [0.05, 0.1) is 24.2 Å². The maximum Gasteiger partial charge on any atom is 0.261 e. The first-order chi connectivity index (χ1) is 7.42. The molecule has 8 nitrogen and oxygen atoms in total. The van der Waals surface area contributed by atoms with E-state index in [0.29, 0.717) is 18.9 Å². The molecule has 114 valence electrons. The molecule has 0 saturated carbocycles. The van der Waals surface area contributed by atoms with Gasteiger partial charge in [0.2, 0.25) is 0 Å². The molecule has 0 fully saturated rings. The van der Waals surface area contributed by atoms with Crippen molar-refractivity contribution in [1.82, 2.24) is 0 Å². The van der Waals surface area contributed by atoms with Gasteiger partial charge in [0.15, 0.2) is 0 Å². The summed E-state index contributed by atoms with van der Waals surface area (Å²) in [5.41, 5.74) is -0.728. The van der Waals surface area contributed by atoms with Crippen LogP contribution >= 0.6 is 0 Å². The second kappa shape index (κ2) is 8.77. The van der Waals surface area contributed by atoms with Gasteiger partial charge >= 0.3 is 0 Å². The Morgan fingerprint density at radius 3 is 1.17 bits per heavy atom. The van der Waals surface area contributed by atoms with E-state index in [4.69, 9.17) is 19.3 Å². The van der Waals surface area contributed by atoms with Gasteiger partial charge in [0.1, 0.15) is 0 Å². The van der Waals surface area contributed by atoms with Crippen LogP contribution in [0.25, 0.3) is 0 Å². The van der Waals surface area contributed by atoms with Crippen LogP contribution in [0.3, 0.4) is 0 Å². The van der Waals surface area contributed by atoms with Gasteiger partial charge < -0.3 is 10.2 Å². The quantitative estimate of drug-likeness (QED) is 0.500. The van der Waals surface area contributed by atoms with Crippen LogP contribution in [-0.2, 0) is 20.2 Å². The number of hydrogen-bond acceptors (Lipinski definition) is 6. The van der Waals surface area contributed by atoms with Gasteiger partial charge in [0.25, 0.3) is 20.2 Å². The first kappa shape index (κ1) is 22.9. The Morgan fingerprint density at radius 2 is 1.17 bits per heavy atom. The highest BCUT2D eigenvalue weighted by molar-refractivity contribution is 7.85. The molecule has 1 atom stereocenters. The van der Waals surface area contributed by atoms with Crippen LogP contribution in [0.5, 0.6) is 0 Å². The van der Waals surface area contributed by atoms with Gasteiger partial charge in [-0.25, -0.2) is 0 Å². The Bertz CT molecular complexity index is 341. The third kappa shape index (κ3) is 152. The van der Waals surface area contributed by atoms with E-state index in [9.17, 15) is 16.8 Å². The Labute approximate surface area is 108 Å². The molecule has 0 aromatic carbocycles. The van der Waals surface area contributed by atoms with E-state index in [1.165, 1.54) is 0 Å². The van der Waals surface area contributed by atoms with Gasteiger partial charge in [-0.3, -0.25) is 9.11 Å². The molecular weight excluding hydrogens is 288 g/mol. The fourth-order valence-corrected chi connectivity index (χ4v) is 0.723. The molecule has 0 spiro atoms. The predicted octanol–water partition coefficient (Wildman–Crippen LogP) is -0.464. The maximum absolute atomic E-state index is 9.19. The second-order valence-corrected chi connectivity index (χ2v) is 7.26. The molecule has 0 saturated heterocycles. The summed E-state index contributed by atoms with van der Waals surface area (Å²) in [6.45, 7) is 5.03. The Hall–Kier alpha value is -0.260. The molecule has 1 unspecified atom stereocenters. The summed E-state index contributed by atoms with van der Waals surface area (Å²) in [6, 6.07) is 0. The topological polar surface area (TPSA) is 149 Å². The van der Waals surface area contributed by atoms with E-state index < -0.39 is 31.9 Å². The molecule has 0 aliphatic rings. The smallest absolute Gasteiger partial charge is 0.261 e. The van der Waals surface area contributed by atoms with Gasteiger partial charge in [-0.05, 0) is 20.8 Å². The van der Waals surface area contributed by atoms with Gasteiger partial charge in [-0.2, -0.15) is 16.8 Å². The zero-order valence-corrected chi connectivity index (χ0v) is 12.7. The van der Waals surface area contributed by atoms with Crippen LogP contribution in [0, 0.1) is 0 Å². The lowest BCUT2D eigenvalue weighted by Crippen LogP contribution is -2.24. The number of hydrogen-bond donors (Lipinski definition) is 4. The molecular formula is C8H22O8S2. The fourth-order valence-electron chi connectivity index (χ4n) is 0.723. The summed E-state index contributed by atoms with van der Waals surface area (Å²) in [5, 5.41) is 17.8. The number of aliphatic hydroxyl groups is 2. The van der Waals surface area contributed by atoms with Crippen molar-refractivity contribution < 1.29 is 36.2 Å². The lowest BCUT2D eigenvalue weighted by atomic mass is 10.0. The molecule has 0 aliphatic carbocycles. The van der Waals surface area contributed by atoms with E-state index >= 15 is 0 Å². The molecule has 4 N–H and O–H groups in total. The molecule has 0 aliphatic heterocycles. The van der Waals surface area contributed by atoms with Crippen molar-refractivity contribution in [1.29, 1.82) is 0 Å². The summed E-state index contributed by atoms with van der Waals surface area (Å²) >= 11 is 0. The summed E-state index contributed by atoms with van der Waals surface area (Å²) in [7, 11) is -7.33. The first-order valence-corrected chi connectivity index (χ1v) is 8.37. The molecule has 18 heavy (non-hydrogen) atoms. The van der Waals surface area contributed by atoms with Crippen LogP contribution in [0.1, 0.15) is 27.2 Å². The van der Waals surface area contributed by atoms with E-state index in [-0.39, 0.29) is 0 Å². The minimum Gasteiger partial charge on any atom is -0.393 e. The molecule has 0 radical (unpaired) electrons. The van der Waals surface area contributed by atoms with Crippen molar-refractivity contribution in [2.45, 2.75) is 38.9 Å². The minimum atomic E-state index is -3.67. The third-order valence-electron chi connectivity index (χ3n) is 0.795. The molecule has 0 aromatic heterocycles. The third-order valence-corrected chi connectivity index (χ3v) is 0.795. The van der Waals surface area contributed by atoms with E-state index in [1.807, 2.05) is 0 Å². The number of aliphatic hydroxyl groups excluding tert-OH is 1. The molecule has 10 heteroatoms. The normalized spacial score (nSPS) is 13.6. The average Bonchev–Trinajstić information content (AvgIpc) is 1.67. The highest BCUT2D eigenvalue weighted by atomic mass is 32.2. The average molecular weight is 310 g/mol. The standard InChI is InChI=1S/C6H14O2.2CH4O3S/c1-5(7)4-6(2,3)8;2*1-5(2,3)4/h5,7-8H,4H2,1-3H3;2*1H3,(H,2,3,4). The summed E-state index contributed by atoms with van der Waals surface area (Å²) < 4.78 is 51.7. The highest BCUT2D eigenvalue weighted by Gasteiger charge is 2.14. The number of rotatable bonds is 2. The highest BCUT2D eigenvalue weighted by Crippen LogP contribution is 2.09. The largest absolute Gasteiger partial charge is 0.393 e. The Morgan fingerprint density at radius 1 is 1.00 bits per heavy atom. The lowest BCUT2D eigenvalue weighted by Gasteiger charge is -2.17. The summed E-state index contributed by atoms with van der Waals surface area (Å²) in [6.07, 6.45) is 1.46. The zero-order chi connectivity index (χ0) is 15.8. The molecule has 0 aromatic rings. The van der Waals surface area contributed by atoms with E-state index in [1.54, 1.807) is 20.8 Å². The zero-order valence-electron chi connectivity index (χ0n) is 11.0. The fraction of sp³-hybridized carbons (Fsp3) is 1.00. The van der Waals surface area contributed by atoms with Crippen molar-refractivity contribution >= 4 is 20.2 Å². The van der Waals surface area contributed by atoms with Crippen LogP contribution in [0.4, 0.5) is 0 Å². The molecule has 0 amide bonds. The van der Waals surface area contributed by atoms with Crippen LogP contribution in [0.15, 0.2) is 0 Å². The second-order valence-electron chi connectivity index (χ2n) is 4.33. The Balaban J connectivity index is -0.000000197. The molecule has 0 bridgehead atoms. The predicted molar refractivity (Wildman–Crippen MR) is 67.5 cm³/mol. The van der Waals surface area contributed by atoms with Gasteiger partial charge in [-0.1, -0.05) is 0 Å². The summed E-state index contributed by atoms with van der Waals surface area (Å²) in [5.74, 6) is 0. The van der Waals surface area contributed by atoms with Crippen molar-refractivity contribution in [2.75, 3.05) is 12.5 Å². The first-order valence-electron chi connectivity index (χ1n) is 4.67. The van der Waals surface area contributed by atoms with E-state index in [0.717, 1.165) is 0 Å². The SMILES string of the molecule is CC(O)CC(C)(C)O.CS(=O)(=O)O.CS(=O)(=O)O. The molecule has 0 heterocycles. The van der Waals surface area contributed by atoms with Crippen LogP contribution in [-0.4, -0.2) is 60.4 Å². The van der Waals surface area contributed by atoms with Crippen molar-refractivity contribution in [3.8, 4) is 0 Å². The monoisotopic (exact) mass is 310 g/mol. The Kier molecular flexibility index (Phi) is 11.2. The van der Waals surface area contributed by atoms with Gasteiger partial charge in [-0.15, -0.1) is 0 Å². The van der Waals surface area contributed by atoms with Gasteiger partial charge in [0, 0.05) is 6.42 Å². The van der Waals surface area contributed by atoms with Crippen LogP contribution in [0.2, 0.25) is 0 Å². The van der Waals surface area contributed by atoms with E-state index in [2.05, 4.69) is 0 Å². The molecule has 0 rings (SSSR count). The summed E-state index contributed by atoms with van der Waals surface area (Å²) in [4.78, 5) is 0. The van der Waals surface area contributed by atoms with Crippen LogP contribution < -0.4 is 0 Å². The van der Waals surface area contributed by atoms with Crippen molar-refractivity contribution in [3.05, 3.63) is 0 Å². The maximum atomic E-state index is 9.19. The minimum absolute atomic E-state index is 0.407. The van der Waals surface area contributed by atoms with Crippen molar-refractivity contribution in [3.63, 3.8) is 0 Å².